The Morgan fingerprint density at radius 1 is 1.23 bits per heavy atom. The topological polar surface area (TPSA) is 56.1 Å². The van der Waals surface area contributed by atoms with Crippen LogP contribution in [-0.4, -0.2) is 22.3 Å². The van der Waals surface area contributed by atoms with Gasteiger partial charge in [-0.05, 0) is 43.3 Å². The lowest BCUT2D eigenvalue weighted by Crippen LogP contribution is -2.13. The van der Waals surface area contributed by atoms with Gasteiger partial charge in [0.1, 0.15) is 11.6 Å². The number of halogens is 2. The highest BCUT2D eigenvalue weighted by atomic mass is 35.5. The van der Waals surface area contributed by atoms with Crippen molar-refractivity contribution in [2.45, 2.75) is 13.5 Å². The number of benzene rings is 2. The molecule has 0 saturated heterocycles. The van der Waals surface area contributed by atoms with Crippen LogP contribution in [0.4, 0.5) is 10.2 Å². The Morgan fingerprint density at radius 3 is 2.69 bits per heavy atom. The van der Waals surface area contributed by atoms with E-state index in [1.807, 2.05) is 6.92 Å². The fraction of sp³-hybridized carbons (Fsp3) is 0.158. The van der Waals surface area contributed by atoms with Gasteiger partial charge in [-0.3, -0.25) is 9.48 Å². The molecule has 0 saturated carbocycles. The lowest BCUT2D eigenvalue weighted by molar-refractivity contribution is 0.102. The van der Waals surface area contributed by atoms with Gasteiger partial charge in [-0.15, -0.1) is 0 Å². The monoisotopic (exact) mass is 373 g/mol. The smallest absolute Gasteiger partial charge is 0.256 e. The van der Waals surface area contributed by atoms with E-state index in [0.29, 0.717) is 34.3 Å². The second-order valence-corrected chi connectivity index (χ2v) is 5.92. The predicted octanol–water partition coefficient (Wildman–Crippen LogP) is 4.37. The van der Waals surface area contributed by atoms with Gasteiger partial charge in [-0.2, -0.15) is 5.10 Å². The summed E-state index contributed by atoms with van der Waals surface area (Å²) in [6.07, 6.45) is 1.65. The van der Waals surface area contributed by atoms with Crippen molar-refractivity contribution in [1.29, 1.82) is 0 Å². The Kier molecular flexibility index (Phi) is 5.53. The number of amides is 1. The third-order valence-electron chi connectivity index (χ3n) is 3.69. The SMILES string of the molecule is CCOc1ccc(C(=O)Nc2ccn(Cc3c(F)cccc3Cl)n2)cc1. The molecule has 134 valence electrons. The number of aromatic nitrogens is 2. The minimum Gasteiger partial charge on any atom is -0.494 e. The molecule has 1 amide bonds. The molecular formula is C19H17ClFN3O2. The summed E-state index contributed by atoms with van der Waals surface area (Å²) in [5.41, 5.74) is 0.835. The first-order chi connectivity index (χ1) is 12.6. The van der Waals surface area contributed by atoms with Crippen molar-refractivity contribution < 1.29 is 13.9 Å². The van der Waals surface area contributed by atoms with Gasteiger partial charge in [0.25, 0.3) is 5.91 Å². The third-order valence-corrected chi connectivity index (χ3v) is 4.05. The Morgan fingerprint density at radius 2 is 2.00 bits per heavy atom. The molecule has 3 rings (SSSR count). The summed E-state index contributed by atoms with van der Waals surface area (Å²) in [7, 11) is 0. The number of hydrogen-bond donors (Lipinski definition) is 1. The Labute approximate surface area is 155 Å². The lowest BCUT2D eigenvalue weighted by atomic mass is 10.2. The van der Waals surface area contributed by atoms with E-state index >= 15 is 0 Å². The summed E-state index contributed by atoms with van der Waals surface area (Å²) < 4.78 is 20.7. The summed E-state index contributed by atoms with van der Waals surface area (Å²) in [5, 5.41) is 7.28. The van der Waals surface area contributed by atoms with Crippen LogP contribution in [0.2, 0.25) is 5.02 Å². The van der Waals surface area contributed by atoms with Crippen molar-refractivity contribution in [3.8, 4) is 5.75 Å². The zero-order chi connectivity index (χ0) is 18.5. The van der Waals surface area contributed by atoms with Crippen molar-refractivity contribution in [2.75, 3.05) is 11.9 Å². The van der Waals surface area contributed by atoms with Crippen LogP contribution < -0.4 is 10.1 Å². The average molecular weight is 374 g/mol. The zero-order valence-corrected chi connectivity index (χ0v) is 14.8. The van der Waals surface area contributed by atoms with Crippen LogP contribution in [-0.2, 0) is 6.54 Å². The number of carbonyl (C=O) groups excluding carboxylic acids is 1. The average Bonchev–Trinajstić information content (AvgIpc) is 3.06. The van der Waals surface area contributed by atoms with Gasteiger partial charge >= 0.3 is 0 Å². The maximum Gasteiger partial charge on any atom is 0.256 e. The van der Waals surface area contributed by atoms with E-state index in [4.69, 9.17) is 16.3 Å². The molecule has 0 atom stereocenters. The molecule has 0 bridgehead atoms. The first-order valence-electron chi connectivity index (χ1n) is 8.07. The van der Waals surface area contributed by atoms with E-state index in [2.05, 4.69) is 10.4 Å². The molecule has 1 heterocycles. The highest BCUT2D eigenvalue weighted by Crippen LogP contribution is 2.20. The molecule has 5 nitrogen and oxygen atoms in total. The van der Waals surface area contributed by atoms with Gasteiger partial charge in [0.2, 0.25) is 0 Å². The number of nitrogens with zero attached hydrogens (tertiary/aromatic N) is 2. The Balaban J connectivity index is 1.67. The lowest BCUT2D eigenvalue weighted by Gasteiger charge is -2.06. The van der Waals surface area contributed by atoms with E-state index in [9.17, 15) is 9.18 Å². The fourth-order valence-electron chi connectivity index (χ4n) is 2.42. The van der Waals surface area contributed by atoms with Gasteiger partial charge < -0.3 is 10.1 Å². The number of anilines is 1. The Bertz CT molecular complexity index is 889. The maximum atomic E-state index is 13.9. The van der Waals surface area contributed by atoms with E-state index in [1.54, 1.807) is 48.7 Å². The molecule has 2 aromatic carbocycles. The summed E-state index contributed by atoms with van der Waals surface area (Å²) in [6.45, 7) is 2.63. The number of nitrogens with one attached hydrogen (secondary N) is 1. The minimum atomic E-state index is -0.395. The standard InChI is InChI=1S/C19H17ClFN3O2/c1-2-26-14-8-6-13(7-9-14)19(25)22-18-10-11-24(23-18)12-15-16(20)4-3-5-17(15)21/h3-11H,2,12H2,1H3,(H,22,23,25). The van der Waals surface area contributed by atoms with Crippen molar-refractivity contribution in [1.82, 2.24) is 9.78 Å². The highest BCUT2D eigenvalue weighted by Gasteiger charge is 2.11. The molecule has 0 aliphatic carbocycles. The van der Waals surface area contributed by atoms with Crippen molar-refractivity contribution in [3.63, 3.8) is 0 Å². The normalized spacial score (nSPS) is 10.6. The first kappa shape index (κ1) is 17.9. The molecule has 0 spiro atoms. The molecular weight excluding hydrogens is 357 g/mol. The van der Waals surface area contributed by atoms with Crippen LogP contribution in [0.15, 0.2) is 54.7 Å². The number of carbonyl (C=O) groups is 1. The molecule has 26 heavy (non-hydrogen) atoms. The predicted molar refractivity (Wildman–Crippen MR) is 98.3 cm³/mol. The molecule has 0 aliphatic heterocycles. The van der Waals surface area contributed by atoms with Crippen molar-refractivity contribution >= 4 is 23.3 Å². The van der Waals surface area contributed by atoms with E-state index in [1.165, 1.54) is 10.7 Å². The molecule has 0 aliphatic rings. The van der Waals surface area contributed by atoms with E-state index in [-0.39, 0.29) is 12.5 Å². The third kappa shape index (κ3) is 4.21. The van der Waals surface area contributed by atoms with Crippen LogP contribution in [0.1, 0.15) is 22.8 Å². The van der Waals surface area contributed by atoms with Gasteiger partial charge in [0.15, 0.2) is 5.82 Å². The number of hydrogen-bond acceptors (Lipinski definition) is 3. The summed E-state index contributed by atoms with van der Waals surface area (Å²) in [4.78, 5) is 12.3. The minimum absolute atomic E-state index is 0.171. The second kappa shape index (κ2) is 8.01. The van der Waals surface area contributed by atoms with Crippen LogP contribution in [0, 0.1) is 5.82 Å². The quantitative estimate of drug-likeness (QED) is 0.697. The highest BCUT2D eigenvalue weighted by molar-refractivity contribution is 6.31. The fourth-order valence-corrected chi connectivity index (χ4v) is 2.64. The van der Waals surface area contributed by atoms with Gasteiger partial charge in [0.05, 0.1) is 13.2 Å². The van der Waals surface area contributed by atoms with E-state index < -0.39 is 5.82 Å². The molecule has 0 unspecified atom stereocenters. The van der Waals surface area contributed by atoms with Crippen molar-refractivity contribution in [3.05, 3.63) is 76.7 Å². The van der Waals surface area contributed by atoms with Gasteiger partial charge in [0, 0.05) is 28.4 Å². The molecule has 0 radical (unpaired) electrons. The van der Waals surface area contributed by atoms with Crippen LogP contribution in [0.5, 0.6) is 5.75 Å². The van der Waals surface area contributed by atoms with E-state index in [0.717, 1.165) is 0 Å². The second-order valence-electron chi connectivity index (χ2n) is 5.51. The van der Waals surface area contributed by atoms with Gasteiger partial charge in [-0.1, -0.05) is 17.7 Å². The van der Waals surface area contributed by atoms with Crippen LogP contribution in [0.25, 0.3) is 0 Å². The molecule has 1 aromatic heterocycles. The maximum absolute atomic E-state index is 13.9. The first-order valence-corrected chi connectivity index (χ1v) is 8.45. The summed E-state index contributed by atoms with van der Waals surface area (Å²) in [6, 6.07) is 13.0. The molecule has 1 N–H and O–H groups in total. The van der Waals surface area contributed by atoms with Crippen LogP contribution >= 0.6 is 11.6 Å². The van der Waals surface area contributed by atoms with Crippen LogP contribution in [0.3, 0.4) is 0 Å². The molecule has 3 aromatic rings. The van der Waals surface area contributed by atoms with Crippen molar-refractivity contribution in [2.24, 2.45) is 0 Å². The van der Waals surface area contributed by atoms with Gasteiger partial charge in [-0.25, -0.2) is 4.39 Å². The zero-order valence-electron chi connectivity index (χ0n) is 14.1. The number of ether oxygens (including phenoxy) is 1. The summed E-state index contributed by atoms with van der Waals surface area (Å²) >= 11 is 6.02. The molecule has 0 fully saturated rings. The Hall–Kier alpha value is -2.86. The largest absolute Gasteiger partial charge is 0.494 e. The summed E-state index contributed by atoms with van der Waals surface area (Å²) in [5.74, 6) is 0.390. The number of rotatable bonds is 6. The molecule has 7 heteroatoms.